The van der Waals surface area contributed by atoms with Crippen LogP contribution in [0.25, 0.3) is 11.7 Å². The van der Waals surface area contributed by atoms with Gasteiger partial charge in [0.2, 0.25) is 11.8 Å². The molecule has 0 radical (unpaired) electrons. The molecule has 1 saturated carbocycles. The molecule has 0 saturated heterocycles. The number of anilines is 1. The minimum absolute atomic E-state index is 0.0231. The third-order valence-electron chi connectivity index (χ3n) is 6.16. The zero-order chi connectivity index (χ0) is 25.6. The Labute approximate surface area is 207 Å². The fourth-order valence-corrected chi connectivity index (χ4v) is 4.31. The number of hydrogen-bond donors (Lipinski definition) is 2. The summed E-state index contributed by atoms with van der Waals surface area (Å²) in [5.41, 5.74) is 0.971. The molecule has 1 aliphatic heterocycles. The van der Waals surface area contributed by atoms with E-state index in [1.54, 1.807) is 36.2 Å². The molecule has 188 valence electrons. The molecule has 11 heteroatoms. The predicted molar refractivity (Wildman–Crippen MR) is 132 cm³/mol. The van der Waals surface area contributed by atoms with Crippen molar-refractivity contribution < 1.29 is 19.4 Å². The summed E-state index contributed by atoms with van der Waals surface area (Å²) in [6, 6.07) is 3.52. The average molecular weight is 493 g/mol. The summed E-state index contributed by atoms with van der Waals surface area (Å²) in [5.74, 6) is -0.949. The van der Waals surface area contributed by atoms with Crippen LogP contribution in [0.5, 0.6) is 11.8 Å². The molecule has 3 aromatic rings. The second-order valence-electron chi connectivity index (χ2n) is 9.49. The van der Waals surface area contributed by atoms with Crippen molar-refractivity contribution in [1.82, 2.24) is 24.5 Å². The van der Waals surface area contributed by atoms with Crippen LogP contribution in [-0.2, 0) is 11.3 Å². The normalized spacial score (nSPS) is 15.4. The Morgan fingerprint density at radius 2 is 2.11 bits per heavy atom. The fourth-order valence-electron chi connectivity index (χ4n) is 4.31. The first-order valence-electron chi connectivity index (χ1n) is 12.0. The lowest BCUT2D eigenvalue weighted by molar-refractivity contribution is -0.114. The Morgan fingerprint density at radius 1 is 1.33 bits per heavy atom. The maximum atomic E-state index is 13.4. The highest BCUT2D eigenvalue weighted by Gasteiger charge is 2.30. The molecule has 1 fully saturated rings. The van der Waals surface area contributed by atoms with E-state index in [4.69, 9.17) is 4.74 Å². The van der Waals surface area contributed by atoms with Crippen LogP contribution < -0.4 is 20.5 Å². The lowest BCUT2D eigenvalue weighted by Crippen LogP contribution is -2.37. The summed E-state index contributed by atoms with van der Waals surface area (Å²) in [6.07, 6.45) is 6.29. The highest BCUT2D eigenvalue weighted by Crippen LogP contribution is 2.29. The first-order chi connectivity index (χ1) is 17.3. The SMILES string of the molecule is Cc1nn2c(O)c(C(=O)NC3CC3)c(=O)n(CC(C)C)c2c1/C=C/C(=O)N1CCOc2ncccc21. The molecule has 0 bridgehead atoms. The molecule has 0 spiro atoms. The topological polar surface area (TPSA) is 131 Å². The monoisotopic (exact) mass is 492 g/mol. The molecule has 4 heterocycles. The van der Waals surface area contributed by atoms with Crippen molar-refractivity contribution in [2.24, 2.45) is 5.92 Å². The van der Waals surface area contributed by atoms with E-state index in [0.29, 0.717) is 48.2 Å². The smallest absolute Gasteiger partial charge is 0.270 e. The van der Waals surface area contributed by atoms with Gasteiger partial charge in [0.1, 0.15) is 17.9 Å². The molecule has 2 N–H and O–H groups in total. The number of amides is 2. The highest BCUT2D eigenvalue weighted by atomic mass is 16.5. The highest BCUT2D eigenvalue weighted by molar-refractivity contribution is 6.05. The number of aromatic nitrogens is 4. The van der Waals surface area contributed by atoms with E-state index >= 15 is 0 Å². The van der Waals surface area contributed by atoms with Crippen LogP contribution in [0.2, 0.25) is 0 Å². The van der Waals surface area contributed by atoms with E-state index < -0.39 is 17.3 Å². The second kappa shape index (κ2) is 9.14. The van der Waals surface area contributed by atoms with Crippen LogP contribution in [0.1, 0.15) is 48.3 Å². The molecule has 11 nitrogen and oxygen atoms in total. The van der Waals surface area contributed by atoms with Crippen LogP contribution in [0.4, 0.5) is 5.69 Å². The maximum absolute atomic E-state index is 13.4. The van der Waals surface area contributed by atoms with Gasteiger partial charge in [0.25, 0.3) is 17.4 Å². The molecule has 36 heavy (non-hydrogen) atoms. The third kappa shape index (κ3) is 4.21. The molecule has 0 atom stereocenters. The number of carbonyl (C=O) groups excluding carboxylic acids is 2. The molecule has 0 unspecified atom stereocenters. The Hall–Kier alpha value is -4.15. The van der Waals surface area contributed by atoms with Crippen molar-refractivity contribution in [3.05, 3.63) is 51.6 Å². The van der Waals surface area contributed by atoms with Gasteiger partial charge in [0, 0.05) is 30.4 Å². The summed E-state index contributed by atoms with van der Waals surface area (Å²) < 4.78 is 8.18. The minimum Gasteiger partial charge on any atom is -0.492 e. The number of ether oxygens (including phenoxy) is 1. The maximum Gasteiger partial charge on any atom is 0.270 e. The van der Waals surface area contributed by atoms with Crippen molar-refractivity contribution in [2.75, 3.05) is 18.1 Å². The van der Waals surface area contributed by atoms with Gasteiger partial charge >= 0.3 is 0 Å². The lowest BCUT2D eigenvalue weighted by Gasteiger charge is -2.27. The fraction of sp³-hybridized carbons (Fsp3) is 0.400. The van der Waals surface area contributed by atoms with Crippen LogP contribution in [0, 0.1) is 12.8 Å². The molecular formula is C25H28N6O5. The van der Waals surface area contributed by atoms with Crippen LogP contribution >= 0.6 is 0 Å². The number of hydrogen-bond acceptors (Lipinski definition) is 7. The van der Waals surface area contributed by atoms with Gasteiger partial charge in [-0.1, -0.05) is 13.8 Å². The predicted octanol–water partition coefficient (Wildman–Crippen LogP) is 1.89. The largest absolute Gasteiger partial charge is 0.492 e. The molecule has 5 rings (SSSR count). The lowest BCUT2D eigenvalue weighted by atomic mass is 10.1. The Balaban J connectivity index is 1.58. The van der Waals surface area contributed by atoms with E-state index in [1.165, 1.54) is 15.2 Å². The summed E-state index contributed by atoms with van der Waals surface area (Å²) in [4.78, 5) is 45.1. The number of aryl methyl sites for hydroxylation is 1. The van der Waals surface area contributed by atoms with Crippen LogP contribution in [0.15, 0.2) is 29.2 Å². The van der Waals surface area contributed by atoms with Crippen molar-refractivity contribution in [3.63, 3.8) is 0 Å². The van der Waals surface area contributed by atoms with E-state index in [-0.39, 0.29) is 23.4 Å². The van der Waals surface area contributed by atoms with Crippen molar-refractivity contribution in [1.29, 1.82) is 0 Å². The number of pyridine rings is 1. The van der Waals surface area contributed by atoms with Crippen molar-refractivity contribution in [2.45, 2.75) is 46.2 Å². The van der Waals surface area contributed by atoms with E-state index in [1.807, 2.05) is 13.8 Å². The molecular weight excluding hydrogens is 464 g/mol. The van der Waals surface area contributed by atoms with Gasteiger partial charge in [0.05, 0.1) is 12.2 Å². The van der Waals surface area contributed by atoms with Gasteiger partial charge in [-0.3, -0.25) is 19.0 Å². The summed E-state index contributed by atoms with van der Waals surface area (Å²) in [7, 11) is 0. The molecule has 2 aliphatic rings. The van der Waals surface area contributed by atoms with Crippen molar-refractivity contribution in [3.8, 4) is 11.8 Å². The Kier molecular flexibility index (Phi) is 5.99. The quantitative estimate of drug-likeness (QED) is 0.503. The number of aromatic hydroxyl groups is 1. The zero-order valence-electron chi connectivity index (χ0n) is 20.4. The summed E-state index contributed by atoms with van der Waals surface area (Å²) in [5, 5.41) is 18.1. The molecule has 2 amide bonds. The molecule has 1 aliphatic carbocycles. The molecule has 3 aromatic heterocycles. The van der Waals surface area contributed by atoms with Gasteiger partial charge in [-0.2, -0.15) is 9.61 Å². The number of fused-ring (bicyclic) bond motifs is 2. The van der Waals surface area contributed by atoms with Crippen LogP contribution in [0.3, 0.4) is 0 Å². The zero-order valence-corrected chi connectivity index (χ0v) is 20.4. The first-order valence-corrected chi connectivity index (χ1v) is 12.0. The van der Waals surface area contributed by atoms with Gasteiger partial charge in [-0.05, 0) is 43.9 Å². The van der Waals surface area contributed by atoms with Crippen LogP contribution in [-0.4, -0.2) is 55.3 Å². The average Bonchev–Trinajstić information content (AvgIpc) is 3.60. The Morgan fingerprint density at radius 3 is 2.83 bits per heavy atom. The Bertz CT molecular complexity index is 1450. The summed E-state index contributed by atoms with van der Waals surface area (Å²) in [6.45, 7) is 6.62. The molecule has 0 aromatic carbocycles. The van der Waals surface area contributed by atoms with Gasteiger partial charge in [-0.15, -0.1) is 0 Å². The van der Waals surface area contributed by atoms with Gasteiger partial charge in [0.15, 0.2) is 5.56 Å². The summed E-state index contributed by atoms with van der Waals surface area (Å²) >= 11 is 0. The van der Waals surface area contributed by atoms with Gasteiger partial charge < -0.3 is 20.1 Å². The van der Waals surface area contributed by atoms with Crippen molar-refractivity contribution >= 4 is 29.2 Å². The minimum atomic E-state index is -0.612. The number of rotatable bonds is 6. The van der Waals surface area contributed by atoms with E-state index in [2.05, 4.69) is 15.4 Å². The number of carbonyl (C=O) groups is 2. The first kappa shape index (κ1) is 23.6. The van der Waals surface area contributed by atoms with E-state index in [9.17, 15) is 19.5 Å². The second-order valence-corrected chi connectivity index (χ2v) is 9.49. The third-order valence-corrected chi connectivity index (χ3v) is 6.16. The standard InChI is InChI=1S/C25H28N6O5/c1-14(2)13-30-23-17(8-9-19(32)29-11-12-36-22-18(29)5-4-10-26-22)15(3)28-31(23)25(35)20(24(30)34)21(33)27-16-6-7-16/h4-5,8-10,14,16,35H,6-7,11-13H2,1-3H3,(H,27,33)/b9-8+. The number of nitrogens with one attached hydrogen (secondary N) is 1. The van der Waals surface area contributed by atoms with Gasteiger partial charge in [-0.25, -0.2) is 4.98 Å². The van der Waals surface area contributed by atoms with E-state index in [0.717, 1.165) is 12.8 Å². The number of nitrogens with zero attached hydrogens (tertiary/aromatic N) is 5.